The van der Waals surface area contributed by atoms with E-state index >= 15 is 0 Å². The summed E-state index contributed by atoms with van der Waals surface area (Å²) >= 11 is 2.07. The highest BCUT2D eigenvalue weighted by atomic mass is 127. The highest BCUT2D eigenvalue weighted by Gasteiger charge is 2.19. The van der Waals surface area contributed by atoms with Gasteiger partial charge in [-0.2, -0.15) is 13.8 Å². The molecule has 0 aliphatic carbocycles. The Bertz CT molecular complexity index is 692. The van der Waals surface area contributed by atoms with Crippen molar-refractivity contribution in [3.8, 4) is 0 Å². The maximum atomic E-state index is 13.4. The van der Waals surface area contributed by atoms with E-state index < -0.39 is 29.2 Å². The van der Waals surface area contributed by atoms with E-state index in [0.29, 0.717) is 11.8 Å². The molecule has 0 aliphatic rings. The predicted molar refractivity (Wildman–Crippen MR) is 76.0 cm³/mol. The predicted octanol–water partition coefficient (Wildman–Crippen LogP) is 3.66. The summed E-state index contributed by atoms with van der Waals surface area (Å²) in [6, 6.07) is 5.59. The van der Waals surface area contributed by atoms with Crippen LogP contribution in [0.2, 0.25) is 0 Å². The number of amides is 1. The normalized spacial score (nSPS) is 10.4. The van der Waals surface area contributed by atoms with Gasteiger partial charge >= 0.3 is 0 Å². The SMILES string of the molecule is Cc1ccc(NC(=O)c2cc(F)nc(F)c2F)cc1I. The van der Waals surface area contributed by atoms with Crippen LogP contribution in [0, 0.1) is 28.2 Å². The first-order valence-corrected chi connectivity index (χ1v) is 6.55. The largest absolute Gasteiger partial charge is 0.322 e. The summed E-state index contributed by atoms with van der Waals surface area (Å²) in [5.41, 5.74) is 0.684. The molecule has 1 aromatic heterocycles. The highest BCUT2D eigenvalue weighted by molar-refractivity contribution is 14.1. The Hall–Kier alpha value is -1.64. The first kappa shape index (κ1) is 14.8. The number of aryl methyl sites for hydroxylation is 1. The van der Waals surface area contributed by atoms with Gasteiger partial charge in [0.1, 0.15) is 0 Å². The van der Waals surface area contributed by atoms with Gasteiger partial charge in [0, 0.05) is 15.3 Å². The number of nitrogens with zero attached hydrogens (tertiary/aromatic N) is 1. The van der Waals surface area contributed by atoms with Crippen molar-refractivity contribution >= 4 is 34.2 Å². The van der Waals surface area contributed by atoms with Crippen molar-refractivity contribution < 1.29 is 18.0 Å². The molecular weight excluding hydrogens is 384 g/mol. The van der Waals surface area contributed by atoms with E-state index in [9.17, 15) is 18.0 Å². The molecule has 0 fully saturated rings. The number of hydrogen-bond acceptors (Lipinski definition) is 2. The summed E-state index contributed by atoms with van der Waals surface area (Å²) in [4.78, 5) is 14.5. The fraction of sp³-hybridized carbons (Fsp3) is 0.0769. The van der Waals surface area contributed by atoms with Gasteiger partial charge in [0.25, 0.3) is 11.9 Å². The third-order valence-electron chi connectivity index (χ3n) is 2.56. The van der Waals surface area contributed by atoms with Gasteiger partial charge in [0.2, 0.25) is 5.95 Å². The average molecular weight is 392 g/mol. The fourth-order valence-corrected chi connectivity index (χ4v) is 2.02. The number of halogens is 4. The summed E-state index contributed by atoms with van der Waals surface area (Å²) in [6.45, 7) is 1.89. The van der Waals surface area contributed by atoms with E-state index in [0.717, 1.165) is 9.13 Å². The quantitative estimate of drug-likeness (QED) is 0.626. The zero-order chi connectivity index (χ0) is 14.9. The van der Waals surface area contributed by atoms with Crippen LogP contribution in [-0.2, 0) is 0 Å². The first-order valence-electron chi connectivity index (χ1n) is 5.47. The number of rotatable bonds is 2. The molecule has 7 heteroatoms. The molecule has 2 aromatic rings. The second kappa shape index (κ2) is 5.78. The Morgan fingerprint density at radius 1 is 1.25 bits per heavy atom. The number of pyridine rings is 1. The summed E-state index contributed by atoms with van der Waals surface area (Å²) < 4.78 is 40.2. The van der Waals surface area contributed by atoms with Gasteiger partial charge in [0.15, 0.2) is 5.82 Å². The molecule has 1 heterocycles. The zero-order valence-corrected chi connectivity index (χ0v) is 12.3. The van der Waals surface area contributed by atoms with Crippen LogP contribution in [-0.4, -0.2) is 10.9 Å². The van der Waals surface area contributed by atoms with Crippen LogP contribution in [0.5, 0.6) is 0 Å². The van der Waals surface area contributed by atoms with E-state index in [1.165, 1.54) is 0 Å². The number of benzene rings is 1. The molecule has 104 valence electrons. The summed E-state index contributed by atoms with van der Waals surface area (Å²) in [6.07, 6.45) is 0. The third kappa shape index (κ3) is 3.09. The molecule has 1 amide bonds. The lowest BCUT2D eigenvalue weighted by atomic mass is 10.2. The van der Waals surface area contributed by atoms with Gasteiger partial charge in [-0.15, -0.1) is 0 Å². The maximum absolute atomic E-state index is 13.4. The van der Waals surface area contributed by atoms with E-state index in [-0.39, 0.29) is 0 Å². The number of carbonyl (C=O) groups is 1. The van der Waals surface area contributed by atoms with Crippen molar-refractivity contribution in [3.05, 3.63) is 56.7 Å². The molecule has 0 saturated carbocycles. The number of carbonyl (C=O) groups excluding carboxylic acids is 1. The topological polar surface area (TPSA) is 42.0 Å². The van der Waals surface area contributed by atoms with Gasteiger partial charge in [0.05, 0.1) is 5.56 Å². The standard InChI is InChI=1S/C13H8F3IN2O/c1-6-2-3-7(4-9(6)17)18-13(20)8-5-10(14)19-12(16)11(8)15/h2-5H,1H3,(H,18,20). The van der Waals surface area contributed by atoms with E-state index in [4.69, 9.17) is 0 Å². The molecule has 1 aromatic carbocycles. The van der Waals surface area contributed by atoms with Crippen molar-refractivity contribution in [2.24, 2.45) is 0 Å². The second-order valence-electron chi connectivity index (χ2n) is 4.02. The molecule has 0 spiro atoms. The van der Waals surface area contributed by atoms with E-state index in [2.05, 4.69) is 32.9 Å². The van der Waals surface area contributed by atoms with Gasteiger partial charge in [-0.1, -0.05) is 6.07 Å². The average Bonchev–Trinajstić information content (AvgIpc) is 2.38. The molecule has 0 unspecified atom stereocenters. The Labute approximate surface area is 126 Å². The molecule has 1 N–H and O–H groups in total. The van der Waals surface area contributed by atoms with Gasteiger partial charge in [-0.3, -0.25) is 4.79 Å². The minimum atomic E-state index is -1.64. The molecule has 0 radical (unpaired) electrons. The lowest BCUT2D eigenvalue weighted by Gasteiger charge is -2.08. The number of anilines is 1. The Morgan fingerprint density at radius 2 is 1.95 bits per heavy atom. The Morgan fingerprint density at radius 3 is 2.60 bits per heavy atom. The molecule has 0 atom stereocenters. The number of aromatic nitrogens is 1. The summed E-state index contributed by atoms with van der Waals surface area (Å²) in [5, 5.41) is 2.38. The Balaban J connectivity index is 2.30. The lowest BCUT2D eigenvalue weighted by molar-refractivity contribution is 0.102. The molecular formula is C13H8F3IN2O. The Kier molecular flexibility index (Phi) is 4.26. The summed E-state index contributed by atoms with van der Waals surface area (Å²) in [7, 11) is 0. The molecule has 3 nitrogen and oxygen atoms in total. The third-order valence-corrected chi connectivity index (χ3v) is 3.72. The number of hydrogen-bond donors (Lipinski definition) is 1. The van der Waals surface area contributed by atoms with Gasteiger partial charge in [-0.25, -0.2) is 4.39 Å². The molecule has 2 rings (SSSR count). The van der Waals surface area contributed by atoms with Crippen molar-refractivity contribution in [2.45, 2.75) is 6.92 Å². The van der Waals surface area contributed by atoms with Crippen LogP contribution in [0.15, 0.2) is 24.3 Å². The smallest absolute Gasteiger partial charge is 0.258 e. The molecule has 0 bridgehead atoms. The maximum Gasteiger partial charge on any atom is 0.258 e. The molecule has 0 aliphatic heterocycles. The zero-order valence-electron chi connectivity index (χ0n) is 10.2. The van der Waals surface area contributed by atoms with Crippen LogP contribution in [0.1, 0.15) is 15.9 Å². The van der Waals surface area contributed by atoms with Crippen LogP contribution in [0.25, 0.3) is 0 Å². The second-order valence-corrected chi connectivity index (χ2v) is 5.18. The van der Waals surface area contributed by atoms with Crippen molar-refractivity contribution in [1.29, 1.82) is 0 Å². The molecule has 20 heavy (non-hydrogen) atoms. The summed E-state index contributed by atoms with van der Waals surface area (Å²) in [5.74, 6) is -5.32. The van der Waals surface area contributed by atoms with Gasteiger partial charge in [-0.05, 0) is 47.2 Å². The highest BCUT2D eigenvalue weighted by Crippen LogP contribution is 2.19. The fourth-order valence-electron chi connectivity index (χ4n) is 1.50. The lowest BCUT2D eigenvalue weighted by Crippen LogP contribution is -2.16. The van der Waals surface area contributed by atoms with Crippen LogP contribution in [0.3, 0.4) is 0 Å². The minimum absolute atomic E-state index is 0.405. The minimum Gasteiger partial charge on any atom is -0.322 e. The number of nitrogens with one attached hydrogen (secondary N) is 1. The van der Waals surface area contributed by atoms with Crippen LogP contribution in [0.4, 0.5) is 18.9 Å². The van der Waals surface area contributed by atoms with Gasteiger partial charge < -0.3 is 5.32 Å². The van der Waals surface area contributed by atoms with Crippen LogP contribution >= 0.6 is 22.6 Å². The monoisotopic (exact) mass is 392 g/mol. The molecule has 0 saturated heterocycles. The van der Waals surface area contributed by atoms with Crippen molar-refractivity contribution in [2.75, 3.05) is 5.32 Å². The van der Waals surface area contributed by atoms with Crippen LogP contribution < -0.4 is 5.32 Å². The van der Waals surface area contributed by atoms with E-state index in [1.807, 2.05) is 6.92 Å². The van der Waals surface area contributed by atoms with Crippen molar-refractivity contribution in [3.63, 3.8) is 0 Å². The first-order chi connectivity index (χ1) is 9.38. The van der Waals surface area contributed by atoms with E-state index in [1.54, 1.807) is 18.2 Å². The van der Waals surface area contributed by atoms with Crippen molar-refractivity contribution in [1.82, 2.24) is 4.98 Å².